The van der Waals surface area contributed by atoms with Crippen molar-refractivity contribution in [1.29, 1.82) is 0 Å². The van der Waals surface area contributed by atoms with Gasteiger partial charge >= 0.3 is 0 Å². The maximum atomic E-state index is 2.53. The van der Waals surface area contributed by atoms with Crippen LogP contribution in [0.3, 0.4) is 0 Å². The normalized spacial score (nSPS) is 15.4. The fourth-order valence-corrected chi connectivity index (χ4v) is 12.3. The Labute approximate surface area is 375 Å². The predicted octanol–water partition coefficient (Wildman–Crippen LogP) is 17.1. The lowest BCUT2D eigenvalue weighted by molar-refractivity contribution is 0.659. The van der Waals surface area contributed by atoms with Gasteiger partial charge in [-0.15, -0.1) is 0 Å². The molecule has 0 amide bonds. The Balaban J connectivity index is 0.941. The highest BCUT2D eigenvalue weighted by Gasteiger charge is 2.40. The van der Waals surface area contributed by atoms with Crippen LogP contribution in [0.2, 0.25) is 0 Å². The molecule has 310 valence electrons. The molecule has 11 rings (SSSR count). The van der Waals surface area contributed by atoms with Crippen molar-refractivity contribution in [2.75, 3.05) is 0 Å². The smallest absolute Gasteiger partial charge is 0.0159 e. The minimum atomic E-state index is -0.151. The van der Waals surface area contributed by atoms with Crippen molar-refractivity contribution in [3.05, 3.63) is 200 Å². The van der Waals surface area contributed by atoms with Crippen molar-refractivity contribution in [1.82, 2.24) is 0 Å². The molecule has 0 radical (unpaired) electrons. The van der Waals surface area contributed by atoms with Crippen molar-refractivity contribution >= 4 is 0 Å². The zero-order valence-corrected chi connectivity index (χ0v) is 39.2. The number of aryl methyl sites for hydroxylation is 6. The van der Waals surface area contributed by atoms with Gasteiger partial charge < -0.3 is 0 Å². The summed E-state index contributed by atoms with van der Waals surface area (Å²) in [5, 5.41) is 0. The van der Waals surface area contributed by atoms with E-state index >= 15 is 0 Å². The largest absolute Gasteiger partial charge is 0.0617 e. The first kappa shape index (κ1) is 39.6. The minimum absolute atomic E-state index is 0.111. The maximum absolute atomic E-state index is 2.53. The van der Waals surface area contributed by atoms with Crippen LogP contribution in [0.1, 0.15) is 108 Å². The summed E-state index contributed by atoms with van der Waals surface area (Å²) < 4.78 is 0. The average Bonchev–Trinajstić information content (AvgIpc) is 3.70. The molecular weight excluding hydrogens is 757 g/mol. The van der Waals surface area contributed by atoms with E-state index < -0.39 is 0 Å². The van der Waals surface area contributed by atoms with Gasteiger partial charge in [0.1, 0.15) is 0 Å². The van der Waals surface area contributed by atoms with Crippen LogP contribution in [0, 0.1) is 41.5 Å². The molecule has 0 aromatic heterocycles. The second-order valence-corrected chi connectivity index (χ2v) is 20.9. The number of rotatable bonds is 4. The van der Waals surface area contributed by atoms with E-state index in [0.717, 1.165) is 0 Å². The second kappa shape index (κ2) is 13.4. The van der Waals surface area contributed by atoms with Crippen LogP contribution in [-0.4, -0.2) is 0 Å². The molecule has 0 heterocycles. The Morgan fingerprint density at radius 1 is 0.238 bits per heavy atom. The van der Waals surface area contributed by atoms with Gasteiger partial charge in [0.05, 0.1) is 0 Å². The molecule has 8 aromatic carbocycles. The molecule has 8 aromatic rings. The van der Waals surface area contributed by atoms with Gasteiger partial charge in [0.2, 0.25) is 0 Å². The monoisotopic (exact) mass is 814 g/mol. The second-order valence-electron chi connectivity index (χ2n) is 20.9. The van der Waals surface area contributed by atoms with Gasteiger partial charge in [-0.3, -0.25) is 0 Å². The minimum Gasteiger partial charge on any atom is -0.0617 e. The molecule has 0 bridgehead atoms. The SMILES string of the molecule is Cc1cc2c(cc1-c1ccc3c(c1)C(C)(C)c1cc(-c4c(C)cccc4C)ccc1-3)C(C)(C)c1cc(-c3ccc4c(c3)C(C)(C)c3cc(-c5c(C)cccc5C)ccc3-4)c(C)cc1-2. The summed E-state index contributed by atoms with van der Waals surface area (Å²) in [7, 11) is 0. The molecule has 0 saturated heterocycles. The lowest BCUT2D eigenvalue weighted by Crippen LogP contribution is -2.16. The van der Waals surface area contributed by atoms with Crippen molar-refractivity contribution in [2.24, 2.45) is 0 Å². The standard InChI is InChI=1S/C63H58/c1-35-15-13-16-36(2)59(35)43-21-25-47-45-23-19-41(29-53(45)61(7,8)55(47)31-43)49-33-57-51(27-39(49)5)52-28-40(6)50(34-58(52)63(57,11)12)42-20-24-46-48-26-22-44(60-37(3)17-14-18-38(60)4)32-56(48)62(9,10)54(46)30-42/h13-34H,1-12H3. The Bertz CT molecular complexity index is 3040. The summed E-state index contributed by atoms with van der Waals surface area (Å²) in [6, 6.07) is 52.1. The third-order valence-electron chi connectivity index (χ3n) is 15.9. The van der Waals surface area contributed by atoms with Crippen LogP contribution in [-0.2, 0) is 16.2 Å². The van der Waals surface area contributed by atoms with Crippen molar-refractivity contribution in [3.63, 3.8) is 0 Å². The highest BCUT2D eigenvalue weighted by molar-refractivity contribution is 5.92. The van der Waals surface area contributed by atoms with Crippen LogP contribution in [0.25, 0.3) is 77.9 Å². The van der Waals surface area contributed by atoms with E-state index in [-0.39, 0.29) is 16.2 Å². The maximum Gasteiger partial charge on any atom is 0.0159 e. The lowest BCUT2D eigenvalue weighted by Gasteiger charge is -2.25. The van der Waals surface area contributed by atoms with E-state index in [1.165, 1.54) is 145 Å². The van der Waals surface area contributed by atoms with Crippen molar-refractivity contribution in [3.8, 4) is 77.9 Å². The topological polar surface area (TPSA) is 0 Å². The third kappa shape index (κ3) is 5.59. The molecular formula is C63H58. The van der Waals surface area contributed by atoms with Crippen LogP contribution in [0.5, 0.6) is 0 Å². The van der Waals surface area contributed by atoms with Gasteiger partial charge in [-0.25, -0.2) is 0 Å². The number of fused-ring (bicyclic) bond motifs is 9. The molecule has 0 aliphatic heterocycles. The molecule has 0 nitrogen and oxygen atoms in total. The van der Waals surface area contributed by atoms with Gasteiger partial charge in [-0.05, 0) is 223 Å². The van der Waals surface area contributed by atoms with Crippen LogP contribution < -0.4 is 0 Å². The van der Waals surface area contributed by atoms with Gasteiger partial charge in [0, 0.05) is 16.2 Å². The van der Waals surface area contributed by atoms with E-state index in [2.05, 4.69) is 217 Å². The molecule has 0 atom stereocenters. The summed E-state index contributed by atoms with van der Waals surface area (Å²) in [6.07, 6.45) is 0. The van der Waals surface area contributed by atoms with E-state index in [0.29, 0.717) is 0 Å². The van der Waals surface area contributed by atoms with E-state index in [4.69, 9.17) is 0 Å². The molecule has 0 fully saturated rings. The quantitative estimate of drug-likeness (QED) is 0.166. The third-order valence-corrected chi connectivity index (χ3v) is 15.9. The Kier molecular flexibility index (Phi) is 8.41. The molecule has 0 saturated carbocycles. The van der Waals surface area contributed by atoms with Gasteiger partial charge in [0.15, 0.2) is 0 Å². The van der Waals surface area contributed by atoms with Gasteiger partial charge in [-0.2, -0.15) is 0 Å². The van der Waals surface area contributed by atoms with Crippen LogP contribution in [0.4, 0.5) is 0 Å². The average molecular weight is 815 g/mol. The van der Waals surface area contributed by atoms with Crippen LogP contribution >= 0.6 is 0 Å². The Morgan fingerprint density at radius 3 is 0.825 bits per heavy atom. The molecule has 3 aliphatic rings. The first-order valence-electron chi connectivity index (χ1n) is 23.0. The van der Waals surface area contributed by atoms with Crippen molar-refractivity contribution in [2.45, 2.75) is 99.3 Å². The highest BCUT2D eigenvalue weighted by Crippen LogP contribution is 2.56. The summed E-state index contributed by atoms with van der Waals surface area (Å²) >= 11 is 0. The Morgan fingerprint density at radius 2 is 0.508 bits per heavy atom. The summed E-state index contributed by atoms with van der Waals surface area (Å²) in [6.45, 7) is 28.1. The molecule has 0 unspecified atom stereocenters. The zero-order valence-electron chi connectivity index (χ0n) is 39.2. The molecule has 3 aliphatic carbocycles. The fraction of sp³-hybridized carbons (Fsp3) is 0.238. The van der Waals surface area contributed by atoms with Gasteiger partial charge in [-0.1, -0.05) is 139 Å². The number of hydrogen-bond acceptors (Lipinski definition) is 0. The molecule has 0 heteroatoms. The molecule has 63 heavy (non-hydrogen) atoms. The summed E-state index contributed by atoms with van der Waals surface area (Å²) in [5.74, 6) is 0. The predicted molar refractivity (Wildman–Crippen MR) is 269 cm³/mol. The first-order chi connectivity index (χ1) is 30.0. The van der Waals surface area contributed by atoms with Crippen molar-refractivity contribution < 1.29 is 0 Å². The van der Waals surface area contributed by atoms with E-state index in [9.17, 15) is 0 Å². The zero-order chi connectivity index (χ0) is 44.1. The number of benzene rings is 8. The first-order valence-corrected chi connectivity index (χ1v) is 23.0. The summed E-state index contributed by atoms with van der Waals surface area (Å²) in [5.41, 5.74) is 34.9. The highest BCUT2D eigenvalue weighted by atomic mass is 14.4. The fourth-order valence-electron chi connectivity index (χ4n) is 12.3. The lowest BCUT2D eigenvalue weighted by atomic mass is 9.78. The summed E-state index contributed by atoms with van der Waals surface area (Å²) in [4.78, 5) is 0. The van der Waals surface area contributed by atoms with Crippen LogP contribution in [0.15, 0.2) is 133 Å². The molecule has 0 N–H and O–H groups in total. The van der Waals surface area contributed by atoms with E-state index in [1.54, 1.807) is 0 Å². The Hall–Kier alpha value is -6.24. The van der Waals surface area contributed by atoms with Gasteiger partial charge in [0.25, 0.3) is 0 Å². The number of hydrogen-bond donors (Lipinski definition) is 0. The van der Waals surface area contributed by atoms with E-state index in [1.807, 2.05) is 0 Å². The molecule has 0 spiro atoms.